The molecular formula is C21H21NO3S. The van der Waals surface area contributed by atoms with Crippen LogP contribution in [0.1, 0.15) is 16.8 Å². The summed E-state index contributed by atoms with van der Waals surface area (Å²) in [6, 6.07) is 19.7. The predicted octanol–water partition coefficient (Wildman–Crippen LogP) is 3.78. The molecule has 0 spiro atoms. The van der Waals surface area contributed by atoms with Gasteiger partial charge in [0, 0.05) is 29.7 Å². The highest BCUT2D eigenvalue weighted by Gasteiger charge is 2.13. The third kappa shape index (κ3) is 4.85. The van der Waals surface area contributed by atoms with Gasteiger partial charge in [0.1, 0.15) is 0 Å². The molecule has 0 unspecified atom stereocenters. The number of nitrogens with one attached hydrogen (secondary N) is 1. The molecule has 0 atom stereocenters. The Hall–Kier alpha value is -2.34. The van der Waals surface area contributed by atoms with Crippen molar-refractivity contribution in [2.75, 3.05) is 6.61 Å². The number of pyridine rings is 1. The predicted molar refractivity (Wildman–Crippen MR) is 103 cm³/mol. The Morgan fingerprint density at radius 1 is 0.962 bits per heavy atom. The minimum Gasteiger partial charge on any atom is -0.396 e. The SMILES string of the molecule is O=c1c(CCO)c[nH]c(COCc2ccccc2)c1Sc1ccccc1. The normalized spacial score (nSPS) is 10.8. The van der Waals surface area contributed by atoms with Crippen molar-refractivity contribution in [1.82, 2.24) is 4.98 Å². The van der Waals surface area contributed by atoms with E-state index in [4.69, 9.17) is 4.74 Å². The average molecular weight is 367 g/mol. The van der Waals surface area contributed by atoms with E-state index in [1.165, 1.54) is 11.8 Å². The van der Waals surface area contributed by atoms with Gasteiger partial charge in [-0.25, -0.2) is 0 Å². The van der Waals surface area contributed by atoms with Crippen molar-refractivity contribution in [3.63, 3.8) is 0 Å². The van der Waals surface area contributed by atoms with E-state index in [0.717, 1.165) is 16.2 Å². The number of ether oxygens (including phenoxy) is 1. The van der Waals surface area contributed by atoms with Crippen molar-refractivity contribution in [1.29, 1.82) is 0 Å². The fourth-order valence-electron chi connectivity index (χ4n) is 2.56. The van der Waals surface area contributed by atoms with Gasteiger partial charge >= 0.3 is 0 Å². The lowest BCUT2D eigenvalue weighted by atomic mass is 10.2. The highest BCUT2D eigenvalue weighted by molar-refractivity contribution is 7.99. The third-order valence-electron chi connectivity index (χ3n) is 3.89. The first-order valence-electron chi connectivity index (χ1n) is 8.47. The lowest BCUT2D eigenvalue weighted by Crippen LogP contribution is -2.16. The van der Waals surface area contributed by atoms with Crippen LogP contribution in [0.3, 0.4) is 0 Å². The van der Waals surface area contributed by atoms with Crippen LogP contribution < -0.4 is 5.43 Å². The zero-order valence-electron chi connectivity index (χ0n) is 14.4. The molecule has 26 heavy (non-hydrogen) atoms. The van der Waals surface area contributed by atoms with Crippen LogP contribution in [0.15, 0.2) is 81.4 Å². The molecule has 0 saturated heterocycles. The van der Waals surface area contributed by atoms with Crippen LogP contribution in [0.2, 0.25) is 0 Å². The van der Waals surface area contributed by atoms with Gasteiger partial charge in [-0.2, -0.15) is 0 Å². The Balaban J connectivity index is 1.81. The number of hydrogen-bond donors (Lipinski definition) is 2. The van der Waals surface area contributed by atoms with Crippen LogP contribution in [0, 0.1) is 0 Å². The molecule has 2 N–H and O–H groups in total. The monoisotopic (exact) mass is 367 g/mol. The first-order chi connectivity index (χ1) is 12.8. The van der Waals surface area contributed by atoms with Crippen molar-refractivity contribution in [2.45, 2.75) is 29.4 Å². The van der Waals surface area contributed by atoms with Gasteiger partial charge in [0.25, 0.3) is 0 Å². The first-order valence-corrected chi connectivity index (χ1v) is 9.28. The summed E-state index contributed by atoms with van der Waals surface area (Å²) in [6.07, 6.45) is 2.01. The second-order valence-corrected chi connectivity index (χ2v) is 6.90. The summed E-state index contributed by atoms with van der Waals surface area (Å²) in [4.78, 5) is 17.6. The van der Waals surface area contributed by atoms with Gasteiger partial charge in [0.2, 0.25) is 0 Å². The number of rotatable bonds is 8. The van der Waals surface area contributed by atoms with Gasteiger partial charge in [-0.05, 0) is 17.7 Å². The molecule has 0 aliphatic rings. The second kappa shape index (κ2) is 9.38. The molecule has 2 aromatic carbocycles. The zero-order valence-corrected chi connectivity index (χ0v) is 15.2. The molecule has 0 saturated carbocycles. The van der Waals surface area contributed by atoms with Crippen molar-refractivity contribution in [3.8, 4) is 0 Å². The number of aromatic amines is 1. The van der Waals surface area contributed by atoms with Gasteiger partial charge in [0.05, 0.1) is 23.8 Å². The molecule has 3 aromatic rings. The third-order valence-corrected chi connectivity index (χ3v) is 5.04. The van der Waals surface area contributed by atoms with Gasteiger partial charge in [-0.15, -0.1) is 0 Å². The summed E-state index contributed by atoms with van der Waals surface area (Å²) >= 11 is 1.42. The fraction of sp³-hybridized carbons (Fsp3) is 0.190. The smallest absolute Gasteiger partial charge is 0.199 e. The summed E-state index contributed by atoms with van der Waals surface area (Å²) in [5, 5.41) is 9.18. The molecule has 1 heterocycles. The van der Waals surface area contributed by atoms with Gasteiger partial charge in [-0.1, -0.05) is 60.3 Å². The van der Waals surface area contributed by atoms with Crippen molar-refractivity contribution in [2.24, 2.45) is 0 Å². The van der Waals surface area contributed by atoms with E-state index in [1.807, 2.05) is 60.7 Å². The van der Waals surface area contributed by atoms with Crippen LogP contribution in [-0.4, -0.2) is 16.7 Å². The maximum absolute atomic E-state index is 12.8. The molecule has 0 fully saturated rings. The molecule has 5 heteroatoms. The van der Waals surface area contributed by atoms with Gasteiger partial charge in [-0.3, -0.25) is 4.79 Å². The molecule has 134 valence electrons. The van der Waals surface area contributed by atoms with Crippen LogP contribution in [0.5, 0.6) is 0 Å². The number of H-pyrrole nitrogens is 1. The van der Waals surface area contributed by atoms with Crippen LogP contribution >= 0.6 is 11.8 Å². The lowest BCUT2D eigenvalue weighted by molar-refractivity contribution is 0.103. The molecule has 0 aliphatic carbocycles. The molecule has 0 bridgehead atoms. The van der Waals surface area contributed by atoms with Crippen molar-refractivity contribution < 1.29 is 9.84 Å². The Kier molecular flexibility index (Phi) is 6.66. The summed E-state index contributed by atoms with van der Waals surface area (Å²) in [6.45, 7) is 0.748. The summed E-state index contributed by atoms with van der Waals surface area (Å²) in [7, 11) is 0. The topological polar surface area (TPSA) is 62.3 Å². The second-order valence-electron chi connectivity index (χ2n) is 5.82. The van der Waals surface area contributed by atoms with Gasteiger partial charge < -0.3 is 14.8 Å². The Bertz CT molecular complexity index is 879. The molecule has 4 nitrogen and oxygen atoms in total. The highest BCUT2D eigenvalue weighted by Crippen LogP contribution is 2.27. The molecule has 0 aliphatic heterocycles. The minimum atomic E-state index is -0.0532. The molecule has 0 amide bonds. The van der Waals surface area contributed by atoms with E-state index in [9.17, 15) is 9.90 Å². The maximum atomic E-state index is 12.8. The summed E-state index contributed by atoms with van der Waals surface area (Å²) < 4.78 is 5.81. The largest absolute Gasteiger partial charge is 0.396 e. The number of aliphatic hydroxyl groups is 1. The van der Waals surface area contributed by atoms with E-state index in [1.54, 1.807) is 6.20 Å². The van der Waals surface area contributed by atoms with E-state index >= 15 is 0 Å². The van der Waals surface area contributed by atoms with Crippen LogP contribution in [0.25, 0.3) is 0 Å². The number of aliphatic hydroxyl groups excluding tert-OH is 1. The average Bonchev–Trinajstić information content (AvgIpc) is 2.68. The summed E-state index contributed by atoms with van der Waals surface area (Å²) in [5.41, 5.74) is 2.37. The number of benzene rings is 2. The van der Waals surface area contributed by atoms with Crippen LogP contribution in [-0.2, 0) is 24.4 Å². The van der Waals surface area contributed by atoms with E-state index in [0.29, 0.717) is 30.1 Å². The zero-order chi connectivity index (χ0) is 18.2. The standard InChI is InChI=1S/C21H21NO3S/c23-12-11-17-13-22-19(15-25-14-16-7-3-1-4-8-16)21(20(17)24)26-18-9-5-2-6-10-18/h1-10,13,23H,11-12,14-15H2,(H,22,24). The molecule has 0 radical (unpaired) electrons. The number of hydrogen-bond acceptors (Lipinski definition) is 4. The Morgan fingerprint density at radius 3 is 2.35 bits per heavy atom. The summed E-state index contributed by atoms with van der Waals surface area (Å²) in [5.74, 6) is 0. The molecular weight excluding hydrogens is 346 g/mol. The van der Waals surface area contributed by atoms with Crippen LogP contribution in [0.4, 0.5) is 0 Å². The quantitative estimate of drug-likeness (QED) is 0.636. The van der Waals surface area contributed by atoms with Crippen molar-refractivity contribution >= 4 is 11.8 Å². The molecule has 1 aromatic heterocycles. The van der Waals surface area contributed by atoms with E-state index in [-0.39, 0.29) is 12.0 Å². The van der Waals surface area contributed by atoms with Gasteiger partial charge in [0.15, 0.2) is 5.43 Å². The Morgan fingerprint density at radius 2 is 1.65 bits per heavy atom. The minimum absolute atomic E-state index is 0.0510. The Labute approximate surface area is 156 Å². The molecule has 3 rings (SSSR count). The highest BCUT2D eigenvalue weighted by atomic mass is 32.2. The maximum Gasteiger partial charge on any atom is 0.199 e. The van der Waals surface area contributed by atoms with E-state index in [2.05, 4.69) is 4.98 Å². The lowest BCUT2D eigenvalue weighted by Gasteiger charge is -2.11. The van der Waals surface area contributed by atoms with Crippen molar-refractivity contribution in [3.05, 3.63) is 93.9 Å². The van der Waals surface area contributed by atoms with E-state index < -0.39 is 0 Å². The number of aromatic nitrogens is 1. The first kappa shape index (κ1) is 18.5. The fourth-order valence-corrected chi connectivity index (χ4v) is 3.55.